The highest BCUT2D eigenvalue weighted by Gasteiger charge is 2.28. The molecule has 1 heterocycles. The van der Waals surface area contributed by atoms with Crippen LogP contribution < -0.4 is 5.32 Å². The molecule has 1 atom stereocenters. The largest absolute Gasteiger partial charge is 0.355 e. The smallest absolute Gasteiger partial charge is 0.227 e. The molecule has 0 spiro atoms. The molecule has 4 heteroatoms. The van der Waals surface area contributed by atoms with Crippen molar-refractivity contribution < 1.29 is 4.79 Å². The third-order valence-corrected chi connectivity index (χ3v) is 6.62. The van der Waals surface area contributed by atoms with Crippen LogP contribution in [-0.2, 0) is 11.2 Å². The topological polar surface area (TPSA) is 29.1 Å². The predicted molar refractivity (Wildman–Crippen MR) is 87.7 cm³/mol. The van der Waals surface area contributed by atoms with Crippen molar-refractivity contribution in [1.82, 2.24) is 5.32 Å². The van der Waals surface area contributed by atoms with Crippen molar-refractivity contribution in [3.8, 4) is 0 Å². The molecule has 1 unspecified atom stereocenters. The molecular formula is C16H22BrNOS. The zero-order chi connectivity index (χ0) is 13.9. The van der Waals surface area contributed by atoms with E-state index in [4.69, 9.17) is 0 Å². The van der Waals surface area contributed by atoms with Crippen molar-refractivity contribution in [2.75, 3.05) is 6.54 Å². The highest BCUT2D eigenvalue weighted by Crippen LogP contribution is 2.35. The number of halogens is 1. The standard InChI is InChI=1S/C16H22BrNOS/c17-12-6-4-11(5-7-12)10-18-16(19)14-2-1-3-15-13(14)8-9-20-15/h8-9,11-12,14H,1-7,10H2,(H,18,19). The van der Waals surface area contributed by atoms with Crippen molar-refractivity contribution >= 4 is 33.2 Å². The van der Waals surface area contributed by atoms with E-state index in [1.54, 1.807) is 0 Å². The summed E-state index contributed by atoms with van der Waals surface area (Å²) in [5.41, 5.74) is 1.29. The minimum atomic E-state index is 0.109. The van der Waals surface area contributed by atoms with E-state index >= 15 is 0 Å². The Hall–Kier alpha value is -0.350. The minimum absolute atomic E-state index is 0.109. The van der Waals surface area contributed by atoms with Crippen LogP contribution in [0.4, 0.5) is 0 Å². The molecule has 0 aliphatic heterocycles. The van der Waals surface area contributed by atoms with E-state index in [1.165, 1.54) is 36.1 Å². The minimum Gasteiger partial charge on any atom is -0.355 e. The third-order valence-electron chi connectivity index (χ3n) is 4.71. The van der Waals surface area contributed by atoms with E-state index in [0.717, 1.165) is 25.8 Å². The van der Waals surface area contributed by atoms with E-state index in [2.05, 4.69) is 32.7 Å². The Bertz CT molecular complexity index is 465. The van der Waals surface area contributed by atoms with Crippen LogP contribution >= 0.6 is 27.3 Å². The van der Waals surface area contributed by atoms with Gasteiger partial charge in [0.25, 0.3) is 0 Å². The summed E-state index contributed by atoms with van der Waals surface area (Å²) in [5.74, 6) is 1.04. The second-order valence-electron chi connectivity index (χ2n) is 6.11. The zero-order valence-electron chi connectivity index (χ0n) is 11.7. The monoisotopic (exact) mass is 355 g/mol. The predicted octanol–water partition coefficient (Wildman–Crippen LogP) is 4.24. The number of fused-ring (bicyclic) bond motifs is 1. The maximum atomic E-state index is 12.5. The molecule has 1 amide bonds. The number of hydrogen-bond acceptors (Lipinski definition) is 2. The van der Waals surface area contributed by atoms with E-state index in [-0.39, 0.29) is 11.8 Å². The second kappa shape index (κ2) is 6.61. The summed E-state index contributed by atoms with van der Waals surface area (Å²) >= 11 is 5.49. The van der Waals surface area contributed by atoms with E-state index in [1.807, 2.05) is 11.3 Å². The van der Waals surface area contributed by atoms with Crippen LogP contribution in [0.25, 0.3) is 0 Å². The number of amides is 1. The van der Waals surface area contributed by atoms with Gasteiger partial charge in [-0.25, -0.2) is 0 Å². The Morgan fingerprint density at radius 2 is 2.10 bits per heavy atom. The lowest BCUT2D eigenvalue weighted by Crippen LogP contribution is -2.35. The Kier molecular flexibility index (Phi) is 4.82. The maximum Gasteiger partial charge on any atom is 0.227 e. The van der Waals surface area contributed by atoms with Crippen LogP contribution in [0.3, 0.4) is 0 Å². The molecule has 1 saturated carbocycles. The van der Waals surface area contributed by atoms with Crippen molar-refractivity contribution in [3.05, 3.63) is 21.9 Å². The first kappa shape index (κ1) is 14.6. The molecule has 0 bridgehead atoms. The first-order valence-electron chi connectivity index (χ1n) is 7.72. The molecule has 0 radical (unpaired) electrons. The lowest BCUT2D eigenvalue weighted by atomic mass is 9.86. The average molecular weight is 356 g/mol. The molecule has 1 fully saturated rings. The quantitative estimate of drug-likeness (QED) is 0.807. The van der Waals surface area contributed by atoms with Gasteiger partial charge in [-0.15, -0.1) is 11.3 Å². The maximum absolute atomic E-state index is 12.5. The number of rotatable bonds is 3. The summed E-state index contributed by atoms with van der Waals surface area (Å²) in [6, 6.07) is 2.15. The number of carbonyl (C=O) groups excluding carboxylic acids is 1. The van der Waals surface area contributed by atoms with Gasteiger partial charge in [-0.05, 0) is 67.9 Å². The molecule has 1 aromatic heterocycles. The third kappa shape index (κ3) is 3.28. The van der Waals surface area contributed by atoms with Crippen molar-refractivity contribution in [3.63, 3.8) is 0 Å². The van der Waals surface area contributed by atoms with Gasteiger partial charge >= 0.3 is 0 Å². The van der Waals surface area contributed by atoms with Gasteiger partial charge in [0.1, 0.15) is 0 Å². The van der Waals surface area contributed by atoms with Crippen molar-refractivity contribution in [2.24, 2.45) is 5.92 Å². The molecule has 20 heavy (non-hydrogen) atoms. The van der Waals surface area contributed by atoms with Crippen LogP contribution in [-0.4, -0.2) is 17.3 Å². The Balaban J connectivity index is 1.53. The fraction of sp³-hybridized carbons (Fsp3) is 0.688. The van der Waals surface area contributed by atoms with Gasteiger partial charge in [0, 0.05) is 16.2 Å². The zero-order valence-corrected chi connectivity index (χ0v) is 14.1. The summed E-state index contributed by atoms with van der Waals surface area (Å²) < 4.78 is 0. The van der Waals surface area contributed by atoms with Gasteiger partial charge in [0.15, 0.2) is 0 Å². The summed E-state index contributed by atoms with van der Waals surface area (Å²) in [7, 11) is 0. The van der Waals surface area contributed by atoms with Crippen LogP contribution in [0.15, 0.2) is 11.4 Å². The molecule has 0 aromatic carbocycles. The lowest BCUT2D eigenvalue weighted by Gasteiger charge is -2.27. The normalized spacial score (nSPS) is 29.8. The molecular weight excluding hydrogens is 334 g/mol. The van der Waals surface area contributed by atoms with Gasteiger partial charge in [-0.1, -0.05) is 15.9 Å². The SMILES string of the molecule is O=C(NCC1CCC(Br)CC1)C1CCCc2sccc21. The molecule has 2 aliphatic rings. The first-order chi connectivity index (χ1) is 9.74. The molecule has 2 nitrogen and oxygen atoms in total. The fourth-order valence-electron chi connectivity index (χ4n) is 3.45. The van der Waals surface area contributed by atoms with Crippen LogP contribution in [0.2, 0.25) is 0 Å². The highest BCUT2D eigenvalue weighted by molar-refractivity contribution is 9.09. The summed E-state index contributed by atoms with van der Waals surface area (Å²) in [4.78, 5) is 14.6. The number of thiophene rings is 1. The van der Waals surface area contributed by atoms with E-state index < -0.39 is 0 Å². The molecule has 110 valence electrons. The van der Waals surface area contributed by atoms with Gasteiger partial charge < -0.3 is 5.32 Å². The number of alkyl halides is 1. The second-order valence-corrected chi connectivity index (χ2v) is 8.40. The Labute approximate surface area is 133 Å². The number of aryl methyl sites for hydroxylation is 1. The first-order valence-corrected chi connectivity index (χ1v) is 9.51. The van der Waals surface area contributed by atoms with E-state index in [9.17, 15) is 4.79 Å². The Morgan fingerprint density at radius 3 is 2.90 bits per heavy atom. The molecule has 1 N–H and O–H groups in total. The molecule has 0 saturated heterocycles. The molecule has 2 aliphatic carbocycles. The number of carbonyl (C=O) groups is 1. The van der Waals surface area contributed by atoms with Gasteiger partial charge in [-0.3, -0.25) is 4.79 Å². The lowest BCUT2D eigenvalue weighted by molar-refractivity contribution is -0.123. The fourth-order valence-corrected chi connectivity index (χ4v) is 4.97. The van der Waals surface area contributed by atoms with Gasteiger partial charge in [0.05, 0.1) is 5.92 Å². The van der Waals surface area contributed by atoms with E-state index in [0.29, 0.717) is 10.7 Å². The summed E-state index contributed by atoms with van der Waals surface area (Å²) in [6.07, 6.45) is 8.31. The van der Waals surface area contributed by atoms with Crippen LogP contribution in [0.5, 0.6) is 0 Å². The van der Waals surface area contributed by atoms with Gasteiger partial charge in [-0.2, -0.15) is 0 Å². The molecule has 3 rings (SSSR count). The Morgan fingerprint density at radius 1 is 1.30 bits per heavy atom. The van der Waals surface area contributed by atoms with Crippen LogP contribution in [0.1, 0.15) is 54.9 Å². The van der Waals surface area contributed by atoms with Gasteiger partial charge in [0.2, 0.25) is 5.91 Å². The summed E-state index contributed by atoms with van der Waals surface area (Å²) in [6.45, 7) is 0.870. The number of hydrogen-bond donors (Lipinski definition) is 1. The average Bonchev–Trinajstić information content (AvgIpc) is 2.94. The van der Waals surface area contributed by atoms with Crippen molar-refractivity contribution in [2.45, 2.75) is 55.7 Å². The number of nitrogens with one attached hydrogen (secondary N) is 1. The van der Waals surface area contributed by atoms with Crippen molar-refractivity contribution in [1.29, 1.82) is 0 Å². The molecule has 1 aromatic rings. The highest BCUT2D eigenvalue weighted by atomic mass is 79.9. The summed E-state index contributed by atoms with van der Waals surface area (Å²) in [5, 5.41) is 5.35. The van der Waals surface area contributed by atoms with Crippen LogP contribution in [0, 0.1) is 5.92 Å².